The van der Waals surface area contributed by atoms with Gasteiger partial charge in [0.05, 0.1) is 5.69 Å². The Kier molecular flexibility index (Phi) is 5.38. The molecule has 1 heterocycles. The normalized spacial score (nSPS) is 14.0. The Morgan fingerprint density at radius 2 is 1.50 bits per heavy atom. The van der Waals surface area contributed by atoms with Crippen LogP contribution < -0.4 is 15.5 Å². The zero-order chi connectivity index (χ0) is 23.0. The predicted molar refractivity (Wildman–Crippen MR) is 133 cm³/mol. The van der Waals surface area contributed by atoms with Gasteiger partial charge in [0.25, 0.3) is 5.91 Å². The number of hydrogen-bond acceptors (Lipinski definition) is 5. The monoisotopic (exact) mass is 427 g/mol. The number of anilines is 3. The summed E-state index contributed by atoms with van der Waals surface area (Å²) in [4.78, 5) is 16.7. The second kappa shape index (κ2) is 8.04. The summed E-state index contributed by atoms with van der Waals surface area (Å²) in [6.07, 6.45) is 6.01. The van der Waals surface area contributed by atoms with Gasteiger partial charge in [-0.05, 0) is 41.5 Å². The second-order valence-electron chi connectivity index (χ2n) is 8.56. The van der Waals surface area contributed by atoms with E-state index in [9.17, 15) is 4.79 Å². The Labute approximate surface area is 189 Å². The number of rotatable bonds is 5. The van der Waals surface area contributed by atoms with Gasteiger partial charge in [-0.1, -0.05) is 43.0 Å². The Morgan fingerprint density at radius 1 is 1.00 bits per heavy atom. The highest BCUT2D eigenvalue weighted by atomic mass is 16.2. The van der Waals surface area contributed by atoms with Gasteiger partial charge in [0.15, 0.2) is 5.82 Å². The van der Waals surface area contributed by atoms with E-state index in [0.717, 1.165) is 33.8 Å². The van der Waals surface area contributed by atoms with E-state index in [4.69, 9.17) is 5.73 Å². The van der Waals surface area contributed by atoms with Crippen molar-refractivity contribution in [2.75, 3.05) is 43.7 Å². The minimum atomic E-state index is -0.464. The van der Waals surface area contributed by atoms with E-state index in [2.05, 4.69) is 76.1 Å². The largest absolute Gasteiger partial charge is 0.382 e. The van der Waals surface area contributed by atoms with Crippen LogP contribution in [0.4, 0.5) is 17.2 Å². The molecule has 0 fully saturated rings. The molecule has 1 aliphatic carbocycles. The minimum absolute atomic E-state index is 0.284. The van der Waals surface area contributed by atoms with Crippen LogP contribution >= 0.6 is 0 Å². The molecule has 3 aromatic rings. The van der Waals surface area contributed by atoms with Crippen LogP contribution in [-0.4, -0.2) is 43.9 Å². The first-order valence-corrected chi connectivity index (χ1v) is 10.6. The summed E-state index contributed by atoms with van der Waals surface area (Å²) in [5, 5.41) is 4.30. The van der Waals surface area contributed by atoms with Crippen molar-refractivity contribution in [3.05, 3.63) is 89.6 Å². The van der Waals surface area contributed by atoms with Crippen LogP contribution in [0.5, 0.6) is 0 Å². The van der Waals surface area contributed by atoms with Gasteiger partial charge in [-0.3, -0.25) is 4.79 Å². The lowest BCUT2D eigenvalue weighted by Crippen LogP contribution is -2.32. The van der Waals surface area contributed by atoms with E-state index in [1.807, 2.05) is 34.3 Å². The second-order valence-corrected chi connectivity index (χ2v) is 8.56. The van der Waals surface area contributed by atoms with Gasteiger partial charge in [0.2, 0.25) is 0 Å². The van der Waals surface area contributed by atoms with Gasteiger partial charge >= 0.3 is 0 Å². The molecule has 6 heteroatoms. The highest BCUT2D eigenvalue weighted by molar-refractivity contribution is 5.91. The summed E-state index contributed by atoms with van der Waals surface area (Å²) in [6, 6.07) is 17.1. The molecule has 0 amide bonds. The van der Waals surface area contributed by atoms with Crippen molar-refractivity contribution in [2.45, 2.75) is 11.8 Å². The summed E-state index contributed by atoms with van der Waals surface area (Å²) in [6.45, 7) is 3.62. The van der Waals surface area contributed by atoms with Crippen molar-refractivity contribution in [2.24, 2.45) is 0 Å². The quantitative estimate of drug-likeness (QED) is 0.624. The van der Waals surface area contributed by atoms with Crippen LogP contribution in [0.3, 0.4) is 0 Å². The maximum Gasteiger partial charge on any atom is 0.270 e. The lowest BCUT2D eigenvalue weighted by molar-refractivity contribution is 0.0950. The number of nitrogens with zero attached hydrogens (tertiary/aromatic N) is 4. The molecule has 0 saturated carbocycles. The lowest BCUT2D eigenvalue weighted by Gasteiger charge is -2.35. The van der Waals surface area contributed by atoms with Crippen LogP contribution in [0.25, 0.3) is 6.08 Å². The summed E-state index contributed by atoms with van der Waals surface area (Å²) < 4.78 is 1.39. The maximum atomic E-state index is 12.5. The molecule has 0 saturated heterocycles. The first-order chi connectivity index (χ1) is 15.3. The molecular formula is C26H29N5O. The number of nitrogens with two attached hydrogens (primary N) is 1. The van der Waals surface area contributed by atoms with Gasteiger partial charge in [-0.25, -0.2) is 0 Å². The fourth-order valence-corrected chi connectivity index (χ4v) is 4.33. The van der Waals surface area contributed by atoms with Gasteiger partial charge < -0.3 is 15.5 Å². The van der Waals surface area contributed by atoms with E-state index < -0.39 is 5.41 Å². The molecule has 164 valence electrons. The number of hydrogen-bond donors (Lipinski definition) is 1. The van der Waals surface area contributed by atoms with E-state index in [1.165, 1.54) is 10.8 Å². The number of benzene rings is 2. The third-order valence-electron chi connectivity index (χ3n) is 6.21. The predicted octanol–water partition coefficient (Wildman–Crippen LogP) is 3.98. The first kappa shape index (κ1) is 21.4. The maximum absolute atomic E-state index is 12.5. The molecule has 0 bridgehead atoms. The molecule has 4 rings (SSSR count). The third-order valence-corrected chi connectivity index (χ3v) is 6.21. The Hall–Kier alpha value is -3.80. The standard InChI is InChI=1S/C26H29N5O/c1-6-24(32)31-23-17-26(16-15-22(23)25(27)28-31,18-7-11-20(12-8-18)29(2)3)19-9-13-21(14-10-19)30(4)5/h6-16H,1,17H2,2-5H3,(H2,27,28). The Balaban J connectivity index is 1.90. The van der Waals surface area contributed by atoms with Gasteiger partial charge in [0, 0.05) is 57.0 Å². The van der Waals surface area contributed by atoms with E-state index in [-0.39, 0.29) is 5.91 Å². The number of fused-ring (bicyclic) bond motifs is 1. The van der Waals surface area contributed by atoms with Crippen LogP contribution in [0.2, 0.25) is 0 Å². The zero-order valence-corrected chi connectivity index (χ0v) is 19.0. The van der Waals surface area contributed by atoms with Crippen molar-refractivity contribution in [1.82, 2.24) is 9.78 Å². The van der Waals surface area contributed by atoms with Crippen molar-refractivity contribution in [3.8, 4) is 0 Å². The molecule has 0 aliphatic heterocycles. The number of carbonyl (C=O) groups is 1. The molecule has 0 radical (unpaired) electrons. The van der Waals surface area contributed by atoms with Gasteiger partial charge in [-0.15, -0.1) is 5.10 Å². The lowest BCUT2D eigenvalue weighted by atomic mass is 9.68. The number of aromatic nitrogens is 2. The summed E-state index contributed by atoms with van der Waals surface area (Å²) in [7, 11) is 8.11. The smallest absolute Gasteiger partial charge is 0.270 e. The summed E-state index contributed by atoms with van der Waals surface area (Å²) >= 11 is 0. The third kappa shape index (κ3) is 3.47. The highest BCUT2D eigenvalue weighted by Gasteiger charge is 2.38. The Bertz CT molecular complexity index is 1130. The Morgan fingerprint density at radius 3 is 1.94 bits per heavy atom. The fourth-order valence-electron chi connectivity index (χ4n) is 4.33. The molecule has 32 heavy (non-hydrogen) atoms. The number of allylic oxidation sites excluding steroid dienone is 2. The molecular weight excluding hydrogens is 398 g/mol. The van der Waals surface area contributed by atoms with Crippen LogP contribution in [-0.2, 0) is 11.8 Å². The average molecular weight is 428 g/mol. The van der Waals surface area contributed by atoms with Crippen molar-refractivity contribution < 1.29 is 4.79 Å². The topological polar surface area (TPSA) is 67.4 Å². The molecule has 2 N–H and O–H groups in total. The van der Waals surface area contributed by atoms with E-state index in [0.29, 0.717) is 12.2 Å². The van der Waals surface area contributed by atoms with E-state index >= 15 is 0 Å². The SMILES string of the molecule is C=CC(=O)n1nc(N)c2c1CC(c1ccc(N(C)C)cc1)(c1ccc(N(C)C)cc1)C=C2. The molecule has 0 atom stereocenters. The van der Waals surface area contributed by atoms with Gasteiger partial charge in [0.1, 0.15) is 0 Å². The molecule has 6 nitrogen and oxygen atoms in total. The molecule has 2 aromatic carbocycles. The zero-order valence-electron chi connectivity index (χ0n) is 19.0. The first-order valence-electron chi connectivity index (χ1n) is 10.6. The highest BCUT2D eigenvalue weighted by Crippen LogP contribution is 2.43. The van der Waals surface area contributed by atoms with Crippen LogP contribution in [0.15, 0.2) is 67.3 Å². The van der Waals surface area contributed by atoms with E-state index in [1.54, 1.807) is 0 Å². The van der Waals surface area contributed by atoms with Crippen LogP contribution in [0, 0.1) is 0 Å². The molecule has 1 aliphatic rings. The van der Waals surface area contributed by atoms with Crippen molar-refractivity contribution >= 4 is 29.2 Å². The van der Waals surface area contributed by atoms with Crippen molar-refractivity contribution in [1.29, 1.82) is 0 Å². The number of carbonyl (C=O) groups excluding carboxylic acids is 1. The molecule has 1 aromatic heterocycles. The van der Waals surface area contributed by atoms with Gasteiger partial charge in [-0.2, -0.15) is 4.68 Å². The van der Waals surface area contributed by atoms with Crippen LogP contribution in [0.1, 0.15) is 27.2 Å². The number of nitrogen functional groups attached to an aromatic ring is 1. The molecule has 0 spiro atoms. The summed E-state index contributed by atoms with van der Waals surface area (Å²) in [5.74, 6) is 0.0685. The van der Waals surface area contributed by atoms with Crippen molar-refractivity contribution in [3.63, 3.8) is 0 Å². The fraction of sp³-hybridized carbons (Fsp3) is 0.231. The molecule has 0 unspecified atom stereocenters. The summed E-state index contributed by atoms with van der Waals surface area (Å²) in [5.41, 5.74) is 11.8. The average Bonchev–Trinajstić information content (AvgIpc) is 3.14. The minimum Gasteiger partial charge on any atom is -0.382 e.